The van der Waals surface area contributed by atoms with Crippen molar-refractivity contribution in [3.63, 3.8) is 0 Å². The van der Waals surface area contributed by atoms with E-state index in [1.807, 2.05) is 56.3 Å². The zero-order valence-corrected chi connectivity index (χ0v) is 20.2. The molecule has 2 N–H and O–H groups in total. The Balaban J connectivity index is 1.46. The highest BCUT2D eigenvalue weighted by Crippen LogP contribution is 2.39. The number of aromatic nitrogens is 1. The van der Waals surface area contributed by atoms with Crippen LogP contribution < -0.4 is 20.1 Å². The number of urea groups is 1. The molecular formula is C29H26N4O3. The van der Waals surface area contributed by atoms with Crippen molar-refractivity contribution in [2.24, 2.45) is 5.73 Å². The summed E-state index contributed by atoms with van der Waals surface area (Å²) in [5.41, 5.74) is 10.4. The molecule has 1 heterocycles. The number of carbonyl (C=O) groups is 1. The second-order valence-electron chi connectivity index (χ2n) is 8.93. The molecule has 1 aliphatic carbocycles. The first-order valence-corrected chi connectivity index (χ1v) is 11.8. The highest BCUT2D eigenvalue weighted by atomic mass is 16.5. The summed E-state index contributed by atoms with van der Waals surface area (Å²) in [5, 5.41) is 10.5. The van der Waals surface area contributed by atoms with Crippen LogP contribution in [0.4, 0.5) is 10.5 Å². The minimum Gasteiger partial charge on any atom is -0.487 e. The van der Waals surface area contributed by atoms with Gasteiger partial charge in [-0.1, -0.05) is 30.3 Å². The largest absolute Gasteiger partial charge is 0.487 e. The van der Waals surface area contributed by atoms with E-state index in [0.29, 0.717) is 40.3 Å². The molecule has 0 bridgehead atoms. The first-order valence-electron chi connectivity index (χ1n) is 11.8. The molecule has 7 heteroatoms. The van der Waals surface area contributed by atoms with Crippen molar-refractivity contribution in [3.05, 3.63) is 89.1 Å². The van der Waals surface area contributed by atoms with Crippen molar-refractivity contribution in [3.8, 4) is 23.3 Å². The SMILES string of the molecule is Cc1c(Oc2ccnc3cc(OCc4ccccc4)c(C#N)cc23)ccc(N(C(N)=O)C2CC2)c1C. The van der Waals surface area contributed by atoms with E-state index in [-0.39, 0.29) is 6.04 Å². The van der Waals surface area contributed by atoms with Crippen molar-refractivity contribution < 1.29 is 14.3 Å². The number of anilines is 1. The molecule has 3 aromatic carbocycles. The lowest BCUT2D eigenvalue weighted by atomic mass is 10.1. The van der Waals surface area contributed by atoms with Gasteiger partial charge in [-0.2, -0.15) is 5.26 Å². The molecule has 1 aromatic heterocycles. The number of benzene rings is 3. The zero-order valence-electron chi connectivity index (χ0n) is 20.2. The molecular weight excluding hydrogens is 452 g/mol. The van der Waals surface area contributed by atoms with Gasteiger partial charge in [-0.05, 0) is 67.6 Å². The molecule has 0 aliphatic heterocycles. The molecule has 0 radical (unpaired) electrons. The van der Waals surface area contributed by atoms with E-state index in [0.717, 1.165) is 35.2 Å². The second-order valence-corrected chi connectivity index (χ2v) is 8.93. The van der Waals surface area contributed by atoms with Crippen molar-refractivity contribution in [1.82, 2.24) is 4.98 Å². The average Bonchev–Trinajstić information content (AvgIpc) is 3.72. The van der Waals surface area contributed by atoms with E-state index in [2.05, 4.69) is 11.1 Å². The normalized spacial score (nSPS) is 12.7. The minimum atomic E-state index is -0.442. The van der Waals surface area contributed by atoms with Crippen LogP contribution in [0, 0.1) is 25.2 Å². The molecule has 5 rings (SSSR count). The standard InChI is InChI=1S/C29H26N4O3/c1-18-19(2)26(11-10-25(18)33(29(31)34)22-8-9-22)36-27-12-13-32-24-15-28(21(16-30)14-23(24)27)35-17-20-6-4-3-5-7-20/h3-7,10-15,22H,8-9,17H2,1-2H3,(H2,31,34). The summed E-state index contributed by atoms with van der Waals surface area (Å²) in [6.45, 7) is 4.27. The topological polar surface area (TPSA) is 101 Å². The van der Waals surface area contributed by atoms with Gasteiger partial charge in [-0.3, -0.25) is 9.88 Å². The lowest BCUT2D eigenvalue weighted by molar-refractivity contribution is 0.253. The molecule has 1 fully saturated rings. The summed E-state index contributed by atoms with van der Waals surface area (Å²) >= 11 is 0. The number of nitrogens with two attached hydrogens (primary N) is 1. The van der Waals surface area contributed by atoms with E-state index >= 15 is 0 Å². The molecule has 1 aliphatic rings. The number of nitrogens with zero attached hydrogens (tertiary/aromatic N) is 3. The van der Waals surface area contributed by atoms with Gasteiger partial charge in [0.1, 0.15) is 29.9 Å². The minimum absolute atomic E-state index is 0.166. The molecule has 4 aromatic rings. The maximum Gasteiger partial charge on any atom is 0.319 e. The smallest absolute Gasteiger partial charge is 0.319 e. The van der Waals surface area contributed by atoms with Crippen LogP contribution in [0.3, 0.4) is 0 Å². The summed E-state index contributed by atoms with van der Waals surface area (Å²) in [6, 6.07) is 20.8. The summed E-state index contributed by atoms with van der Waals surface area (Å²) in [5.74, 6) is 1.71. The van der Waals surface area contributed by atoms with Crippen LogP contribution in [-0.2, 0) is 6.61 Å². The van der Waals surface area contributed by atoms with Gasteiger partial charge < -0.3 is 15.2 Å². The second kappa shape index (κ2) is 9.59. The number of hydrogen-bond donors (Lipinski definition) is 1. The van der Waals surface area contributed by atoms with Crippen LogP contribution >= 0.6 is 0 Å². The van der Waals surface area contributed by atoms with Crippen molar-refractivity contribution in [1.29, 1.82) is 5.26 Å². The molecule has 0 spiro atoms. The first-order chi connectivity index (χ1) is 17.5. The predicted molar refractivity (Wildman–Crippen MR) is 138 cm³/mol. The maximum atomic E-state index is 12.1. The van der Waals surface area contributed by atoms with Gasteiger partial charge in [-0.25, -0.2) is 4.79 Å². The van der Waals surface area contributed by atoms with Crippen LogP contribution in [0.2, 0.25) is 0 Å². The van der Waals surface area contributed by atoms with E-state index in [1.54, 1.807) is 29.3 Å². The third-order valence-electron chi connectivity index (χ3n) is 6.50. The zero-order chi connectivity index (χ0) is 25.2. The van der Waals surface area contributed by atoms with Crippen molar-refractivity contribution >= 4 is 22.6 Å². The Labute approximate surface area is 209 Å². The predicted octanol–water partition coefficient (Wildman–Crippen LogP) is 6.14. The van der Waals surface area contributed by atoms with Crippen LogP contribution in [0.1, 0.15) is 35.1 Å². The van der Waals surface area contributed by atoms with E-state index in [4.69, 9.17) is 15.2 Å². The van der Waals surface area contributed by atoms with Gasteiger partial charge in [0.15, 0.2) is 0 Å². The van der Waals surface area contributed by atoms with E-state index in [9.17, 15) is 10.1 Å². The van der Waals surface area contributed by atoms with Crippen molar-refractivity contribution in [2.45, 2.75) is 39.3 Å². The Morgan fingerprint density at radius 3 is 2.53 bits per heavy atom. The monoisotopic (exact) mass is 478 g/mol. The number of primary amides is 1. The summed E-state index contributed by atoms with van der Waals surface area (Å²) in [7, 11) is 0. The average molecular weight is 479 g/mol. The van der Waals surface area contributed by atoms with Gasteiger partial charge in [0.25, 0.3) is 0 Å². The van der Waals surface area contributed by atoms with Crippen LogP contribution in [0.5, 0.6) is 17.2 Å². The molecule has 0 atom stereocenters. The third-order valence-corrected chi connectivity index (χ3v) is 6.50. The molecule has 7 nitrogen and oxygen atoms in total. The molecule has 36 heavy (non-hydrogen) atoms. The summed E-state index contributed by atoms with van der Waals surface area (Å²) < 4.78 is 12.3. The highest BCUT2D eigenvalue weighted by molar-refractivity contribution is 5.93. The maximum absolute atomic E-state index is 12.1. The number of fused-ring (bicyclic) bond motifs is 1. The van der Waals surface area contributed by atoms with E-state index < -0.39 is 6.03 Å². The Morgan fingerprint density at radius 2 is 1.83 bits per heavy atom. The Kier molecular flexibility index (Phi) is 6.17. The summed E-state index contributed by atoms with van der Waals surface area (Å²) in [6.07, 6.45) is 3.59. The number of pyridine rings is 1. The fraction of sp³-hybridized carbons (Fsp3) is 0.207. The molecule has 1 saturated carbocycles. The fourth-order valence-corrected chi connectivity index (χ4v) is 4.28. The highest BCUT2D eigenvalue weighted by Gasteiger charge is 2.33. The molecule has 180 valence electrons. The summed E-state index contributed by atoms with van der Waals surface area (Å²) in [4.78, 5) is 18.2. The Bertz CT molecular complexity index is 1490. The Hall–Kier alpha value is -4.57. The van der Waals surface area contributed by atoms with Crippen LogP contribution in [-0.4, -0.2) is 17.1 Å². The van der Waals surface area contributed by atoms with Gasteiger partial charge in [0.2, 0.25) is 0 Å². The van der Waals surface area contributed by atoms with Gasteiger partial charge >= 0.3 is 6.03 Å². The molecule has 0 saturated heterocycles. The number of ether oxygens (including phenoxy) is 2. The fourth-order valence-electron chi connectivity index (χ4n) is 4.28. The van der Waals surface area contributed by atoms with Crippen LogP contribution in [0.25, 0.3) is 10.9 Å². The lowest BCUT2D eigenvalue weighted by Crippen LogP contribution is -2.38. The van der Waals surface area contributed by atoms with Crippen LogP contribution in [0.15, 0.2) is 66.9 Å². The number of hydrogen-bond acceptors (Lipinski definition) is 5. The third kappa shape index (κ3) is 4.53. The van der Waals surface area contributed by atoms with Gasteiger partial charge in [0, 0.05) is 29.4 Å². The molecule has 2 amide bonds. The van der Waals surface area contributed by atoms with Gasteiger partial charge in [0.05, 0.1) is 11.1 Å². The first kappa shape index (κ1) is 23.2. The lowest BCUT2D eigenvalue weighted by Gasteiger charge is -2.24. The number of amides is 2. The quantitative estimate of drug-likeness (QED) is 0.344. The number of carbonyl (C=O) groups excluding carboxylic acids is 1. The van der Waals surface area contributed by atoms with E-state index in [1.165, 1.54) is 0 Å². The van der Waals surface area contributed by atoms with Crippen molar-refractivity contribution in [2.75, 3.05) is 4.90 Å². The number of nitriles is 1. The molecule has 0 unspecified atom stereocenters. The van der Waals surface area contributed by atoms with Gasteiger partial charge in [-0.15, -0.1) is 0 Å². The number of rotatable bonds is 7. The Morgan fingerprint density at radius 1 is 1.06 bits per heavy atom.